The Morgan fingerprint density at radius 3 is 2.84 bits per heavy atom. The monoisotopic (exact) mass is 263 g/mol. The lowest BCUT2D eigenvalue weighted by atomic mass is 9.86. The number of hydrogen-bond acceptors (Lipinski definition) is 4. The van der Waals surface area contributed by atoms with Gasteiger partial charge < -0.3 is 14.3 Å². The molecular formula is C14H17NO4. The first-order valence-corrected chi connectivity index (χ1v) is 6.05. The third kappa shape index (κ3) is 3.24. The van der Waals surface area contributed by atoms with E-state index in [2.05, 4.69) is 4.98 Å². The number of aliphatic carboxylic acids is 1. The maximum Gasteiger partial charge on any atom is 0.303 e. The fraction of sp³-hybridized carbons (Fsp3) is 0.429. The number of benzene rings is 1. The molecule has 0 unspecified atom stereocenters. The number of aromatic nitrogens is 1. The van der Waals surface area contributed by atoms with Gasteiger partial charge in [0.25, 0.3) is 0 Å². The van der Waals surface area contributed by atoms with Gasteiger partial charge in [0.05, 0.1) is 13.5 Å². The molecule has 0 amide bonds. The number of oxazole rings is 1. The van der Waals surface area contributed by atoms with Crippen molar-refractivity contribution in [2.24, 2.45) is 5.41 Å². The molecule has 0 radical (unpaired) electrons. The van der Waals surface area contributed by atoms with Crippen molar-refractivity contribution in [1.82, 2.24) is 4.98 Å². The van der Waals surface area contributed by atoms with Crippen molar-refractivity contribution in [3.8, 4) is 5.75 Å². The number of ether oxygens (including phenoxy) is 1. The first-order chi connectivity index (χ1) is 8.89. The number of methoxy groups -OCH3 is 1. The number of fused-ring (bicyclic) bond motifs is 1. The van der Waals surface area contributed by atoms with Gasteiger partial charge in [0.1, 0.15) is 11.3 Å². The zero-order chi connectivity index (χ0) is 14.0. The molecule has 0 saturated carbocycles. The Balaban J connectivity index is 2.24. The average molecular weight is 263 g/mol. The van der Waals surface area contributed by atoms with Gasteiger partial charge in [-0.3, -0.25) is 4.79 Å². The van der Waals surface area contributed by atoms with Crippen LogP contribution in [-0.2, 0) is 11.2 Å². The highest BCUT2D eigenvalue weighted by molar-refractivity contribution is 5.74. The van der Waals surface area contributed by atoms with E-state index < -0.39 is 11.4 Å². The summed E-state index contributed by atoms with van der Waals surface area (Å²) in [7, 11) is 1.59. The van der Waals surface area contributed by atoms with Crippen LogP contribution >= 0.6 is 0 Å². The Morgan fingerprint density at radius 1 is 1.47 bits per heavy atom. The molecule has 19 heavy (non-hydrogen) atoms. The molecule has 0 bridgehead atoms. The first kappa shape index (κ1) is 13.4. The van der Waals surface area contributed by atoms with Crippen LogP contribution in [0, 0.1) is 5.41 Å². The fourth-order valence-corrected chi connectivity index (χ4v) is 2.04. The van der Waals surface area contributed by atoms with E-state index in [4.69, 9.17) is 14.3 Å². The van der Waals surface area contributed by atoms with Crippen LogP contribution in [-0.4, -0.2) is 23.2 Å². The van der Waals surface area contributed by atoms with Crippen molar-refractivity contribution in [2.45, 2.75) is 26.7 Å². The van der Waals surface area contributed by atoms with Crippen molar-refractivity contribution >= 4 is 17.1 Å². The van der Waals surface area contributed by atoms with E-state index in [0.717, 1.165) is 5.52 Å². The van der Waals surface area contributed by atoms with Gasteiger partial charge in [0, 0.05) is 12.5 Å². The SMILES string of the molecule is COc1ccc2nc(CC(C)(C)CC(=O)O)oc2c1. The van der Waals surface area contributed by atoms with Gasteiger partial charge in [-0.15, -0.1) is 0 Å². The summed E-state index contributed by atoms with van der Waals surface area (Å²) in [6, 6.07) is 5.42. The number of carbonyl (C=O) groups is 1. The zero-order valence-corrected chi connectivity index (χ0v) is 11.3. The Labute approximate surface area is 111 Å². The van der Waals surface area contributed by atoms with Crippen LogP contribution in [0.3, 0.4) is 0 Å². The predicted octanol–water partition coefficient (Wildman–Crippen LogP) is 2.88. The summed E-state index contributed by atoms with van der Waals surface area (Å²) in [4.78, 5) is 15.2. The molecule has 5 nitrogen and oxygen atoms in total. The smallest absolute Gasteiger partial charge is 0.303 e. The Hall–Kier alpha value is -2.04. The molecule has 2 aromatic rings. The molecule has 1 aromatic heterocycles. The number of hydrogen-bond donors (Lipinski definition) is 1. The second-order valence-electron chi connectivity index (χ2n) is 5.35. The molecule has 0 spiro atoms. The summed E-state index contributed by atoms with van der Waals surface area (Å²) in [5.41, 5.74) is 1.01. The van der Waals surface area contributed by atoms with E-state index >= 15 is 0 Å². The predicted molar refractivity (Wildman–Crippen MR) is 70.3 cm³/mol. The van der Waals surface area contributed by atoms with Crippen molar-refractivity contribution in [2.75, 3.05) is 7.11 Å². The van der Waals surface area contributed by atoms with E-state index in [1.807, 2.05) is 26.0 Å². The number of nitrogens with zero attached hydrogens (tertiary/aromatic N) is 1. The summed E-state index contributed by atoms with van der Waals surface area (Å²) >= 11 is 0. The number of rotatable bonds is 5. The van der Waals surface area contributed by atoms with Gasteiger partial charge in [0.2, 0.25) is 0 Å². The number of carboxylic acids is 1. The minimum absolute atomic E-state index is 0.0784. The van der Waals surface area contributed by atoms with Crippen molar-refractivity contribution in [1.29, 1.82) is 0 Å². The molecule has 0 saturated heterocycles. The topological polar surface area (TPSA) is 72.6 Å². The van der Waals surface area contributed by atoms with Gasteiger partial charge in [-0.1, -0.05) is 13.8 Å². The molecule has 0 aliphatic carbocycles. The normalized spacial score (nSPS) is 11.7. The summed E-state index contributed by atoms with van der Waals surface area (Å²) in [5, 5.41) is 8.87. The largest absolute Gasteiger partial charge is 0.497 e. The maximum atomic E-state index is 10.8. The van der Waals surface area contributed by atoms with Crippen LogP contribution in [0.4, 0.5) is 0 Å². The molecule has 2 rings (SSSR count). The second-order valence-corrected chi connectivity index (χ2v) is 5.35. The second kappa shape index (κ2) is 4.91. The lowest BCUT2D eigenvalue weighted by Gasteiger charge is -2.19. The molecule has 0 aliphatic rings. The van der Waals surface area contributed by atoms with Crippen LogP contribution in [0.25, 0.3) is 11.1 Å². The standard InChI is InChI=1S/C14H17NO4/c1-14(2,8-13(16)17)7-12-15-10-5-4-9(18-3)6-11(10)19-12/h4-6H,7-8H2,1-3H3,(H,16,17). The molecule has 0 atom stereocenters. The maximum absolute atomic E-state index is 10.8. The summed E-state index contributed by atoms with van der Waals surface area (Å²) in [5.74, 6) is 0.442. The Morgan fingerprint density at radius 2 is 2.21 bits per heavy atom. The molecular weight excluding hydrogens is 246 g/mol. The first-order valence-electron chi connectivity index (χ1n) is 6.05. The van der Waals surface area contributed by atoms with Gasteiger partial charge in [-0.2, -0.15) is 0 Å². The lowest BCUT2D eigenvalue weighted by Crippen LogP contribution is -2.19. The molecule has 5 heteroatoms. The Bertz CT molecular complexity index is 601. The highest BCUT2D eigenvalue weighted by Gasteiger charge is 2.25. The van der Waals surface area contributed by atoms with Crippen LogP contribution < -0.4 is 4.74 Å². The van der Waals surface area contributed by atoms with Crippen LogP contribution in [0.2, 0.25) is 0 Å². The van der Waals surface area contributed by atoms with Gasteiger partial charge in [-0.25, -0.2) is 4.98 Å². The van der Waals surface area contributed by atoms with Gasteiger partial charge >= 0.3 is 5.97 Å². The van der Waals surface area contributed by atoms with Crippen molar-refractivity contribution < 1.29 is 19.1 Å². The summed E-state index contributed by atoms with van der Waals surface area (Å²) in [6.45, 7) is 3.77. The van der Waals surface area contributed by atoms with E-state index in [-0.39, 0.29) is 6.42 Å². The molecule has 1 heterocycles. The van der Waals surface area contributed by atoms with E-state index in [1.165, 1.54) is 0 Å². The minimum atomic E-state index is -0.817. The summed E-state index contributed by atoms with van der Waals surface area (Å²) < 4.78 is 10.8. The van der Waals surface area contributed by atoms with Crippen LogP contribution in [0.5, 0.6) is 5.75 Å². The number of carboxylic acid groups (broad SMARTS) is 1. The van der Waals surface area contributed by atoms with Gasteiger partial charge in [0.15, 0.2) is 11.5 Å². The molecule has 0 fully saturated rings. The third-order valence-electron chi connectivity index (χ3n) is 2.90. The molecule has 0 aliphatic heterocycles. The molecule has 102 valence electrons. The zero-order valence-electron chi connectivity index (χ0n) is 11.3. The molecule has 1 aromatic carbocycles. The van der Waals surface area contributed by atoms with Crippen molar-refractivity contribution in [3.05, 3.63) is 24.1 Å². The highest BCUT2D eigenvalue weighted by atomic mass is 16.5. The molecule has 1 N–H and O–H groups in total. The highest BCUT2D eigenvalue weighted by Crippen LogP contribution is 2.28. The van der Waals surface area contributed by atoms with Crippen LogP contribution in [0.1, 0.15) is 26.2 Å². The summed E-state index contributed by atoms with van der Waals surface area (Å²) in [6.07, 6.45) is 0.561. The average Bonchev–Trinajstić information content (AvgIpc) is 2.66. The van der Waals surface area contributed by atoms with E-state index in [0.29, 0.717) is 23.6 Å². The fourth-order valence-electron chi connectivity index (χ4n) is 2.04. The van der Waals surface area contributed by atoms with E-state index in [9.17, 15) is 4.79 Å². The van der Waals surface area contributed by atoms with Crippen molar-refractivity contribution in [3.63, 3.8) is 0 Å². The third-order valence-corrected chi connectivity index (χ3v) is 2.90. The van der Waals surface area contributed by atoms with E-state index in [1.54, 1.807) is 13.2 Å². The minimum Gasteiger partial charge on any atom is -0.497 e. The van der Waals surface area contributed by atoms with Crippen LogP contribution in [0.15, 0.2) is 22.6 Å². The van der Waals surface area contributed by atoms with Gasteiger partial charge in [-0.05, 0) is 17.5 Å². The lowest BCUT2D eigenvalue weighted by molar-refractivity contribution is -0.139. The Kier molecular flexibility index (Phi) is 3.46. The quantitative estimate of drug-likeness (QED) is 0.897.